The normalized spacial score (nSPS) is 24.4. The van der Waals surface area contributed by atoms with Crippen molar-refractivity contribution in [2.75, 3.05) is 19.0 Å². The lowest BCUT2D eigenvalue weighted by molar-refractivity contribution is 0.0358. The summed E-state index contributed by atoms with van der Waals surface area (Å²) in [6, 6.07) is 12.3. The van der Waals surface area contributed by atoms with Crippen LogP contribution in [0.1, 0.15) is 36.0 Å². The maximum absolute atomic E-state index is 13.1. The van der Waals surface area contributed by atoms with Gasteiger partial charge in [0, 0.05) is 56.5 Å². The fraction of sp³-hybridized carbons (Fsp3) is 0.429. The molecule has 1 aromatic carbocycles. The monoisotopic (exact) mass is 351 g/mol. The molecule has 0 radical (unpaired) electrons. The molecule has 0 saturated carbocycles. The van der Waals surface area contributed by atoms with Gasteiger partial charge in [-0.05, 0) is 49.2 Å². The van der Waals surface area contributed by atoms with Gasteiger partial charge in [0.25, 0.3) is 5.91 Å². The number of rotatable bonds is 4. The van der Waals surface area contributed by atoms with Crippen LogP contribution in [-0.2, 0) is 0 Å². The van der Waals surface area contributed by atoms with Crippen molar-refractivity contribution in [1.82, 2.24) is 9.88 Å². The van der Waals surface area contributed by atoms with E-state index >= 15 is 0 Å². The molecule has 0 aliphatic carbocycles. The van der Waals surface area contributed by atoms with Crippen LogP contribution in [0.15, 0.2) is 48.8 Å². The fourth-order valence-corrected chi connectivity index (χ4v) is 4.22. The molecule has 2 atom stereocenters. The highest BCUT2D eigenvalue weighted by atomic mass is 16.5. The minimum atomic E-state index is 0.155. The highest BCUT2D eigenvalue weighted by Gasteiger charge is 2.44. The molecule has 0 spiro atoms. The van der Waals surface area contributed by atoms with Crippen LogP contribution in [0, 0.1) is 0 Å². The van der Waals surface area contributed by atoms with Crippen LogP contribution in [0.2, 0.25) is 0 Å². The van der Waals surface area contributed by atoms with E-state index in [2.05, 4.69) is 9.88 Å². The Bertz CT molecular complexity index is 747. The number of ether oxygens (including phenoxy) is 1. The number of hydrogen-bond acceptors (Lipinski definition) is 4. The molecular weight excluding hydrogens is 326 g/mol. The number of piperidine rings is 1. The Morgan fingerprint density at radius 3 is 2.38 bits per heavy atom. The third kappa shape index (κ3) is 3.26. The van der Waals surface area contributed by atoms with Crippen molar-refractivity contribution in [3.05, 3.63) is 54.4 Å². The number of carbonyl (C=O) groups is 1. The van der Waals surface area contributed by atoms with Gasteiger partial charge in [-0.15, -0.1) is 0 Å². The highest BCUT2D eigenvalue weighted by Crippen LogP contribution is 2.38. The van der Waals surface area contributed by atoms with Crippen LogP contribution in [-0.4, -0.2) is 48.1 Å². The zero-order valence-corrected chi connectivity index (χ0v) is 15.3. The Kier molecular flexibility index (Phi) is 4.53. The van der Waals surface area contributed by atoms with Crippen molar-refractivity contribution in [3.63, 3.8) is 0 Å². The van der Waals surface area contributed by atoms with E-state index in [-0.39, 0.29) is 24.1 Å². The van der Waals surface area contributed by atoms with Crippen molar-refractivity contribution in [1.29, 1.82) is 0 Å². The first-order valence-corrected chi connectivity index (χ1v) is 9.28. The van der Waals surface area contributed by atoms with E-state index in [0.717, 1.165) is 42.7 Å². The Balaban J connectivity index is 1.45. The van der Waals surface area contributed by atoms with Crippen molar-refractivity contribution in [2.24, 2.45) is 0 Å². The van der Waals surface area contributed by atoms with Crippen LogP contribution in [0.3, 0.4) is 0 Å². The van der Waals surface area contributed by atoms with E-state index in [1.165, 1.54) is 0 Å². The average Bonchev–Trinajstić information content (AvgIpc) is 2.92. The molecule has 136 valence electrons. The molecule has 3 heterocycles. The molecule has 1 amide bonds. The third-order valence-electron chi connectivity index (χ3n) is 5.49. The van der Waals surface area contributed by atoms with Gasteiger partial charge in [0.05, 0.1) is 6.20 Å². The standard InChI is InChI=1S/C21H25N3O2/c1-23(2)16-7-5-15(6-8-16)21(25)24-17-9-10-18(24)13-20(12-17)26-19-4-3-11-22-14-19/h3-8,11,14,17-18,20H,9-10,12-13H2,1-2H3. The average molecular weight is 351 g/mol. The molecule has 0 N–H and O–H groups in total. The molecule has 1 aromatic heterocycles. The second kappa shape index (κ2) is 6.98. The number of carbonyl (C=O) groups excluding carboxylic acids is 1. The number of pyridine rings is 1. The lowest BCUT2D eigenvalue weighted by Gasteiger charge is -2.39. The first-order valence-electron chi connectivity index (χ1n) is 9.28. The van der Waals surface area contributed by atoms with Crippen molar-refractivity contribution < 1.29 is 9.53 Å². The van der Waals surface area contributed by atoms with E-state index in [1.807, 2.05) is 55.4 Å². The SMILES string of the molecule is CN(C)c1ccc(C(=O)N2C3CCC2CC(Oc2cccnc2)C3)cc1. The molecular formula is C21H25N3O2. The van der Waals surface area contributed by atoms with E-state index in [1.54, 1.807) is 12.4 Å². The third-order valence-corrected chi connectivity index (χ3v) is 5.49. The maximum atomic E-state index is 13.1. The molecule has 2 bridgehead atoms. The second-order valence-electron chi connectivity index (χ2n) is 7.44. The van der Waals surface area contributed by atoms with Crippen LogP contribution in [0.4, 0.5) is 5.69 Å². The van der Waals surface area contributed by atoms with Crippen LogP contribution in [0.25, 0.3) is 0 Å². The van der Waals surface area contributed by atoms with Crippen molar-refractivity contribution in [3.8, 4) is 5.75 Å². The minimum absolute atomic E-state index is 0.155. The van der Waals surface area contributed by atoms with E-state index < -0.39 is 0 Å². The molecule has 5 heteroatoms. The number of aromatic nitrogens is 1. The molecule has 2 aliphatic heterocycles. The molecule has 2 saturated heterocycles. The van der Waals surface area contributed by atoms with Crippen molar-refractivity contribution in [2.45, 2.75) is 43.9 Å². The number of amides is 1. The quantitative estimate of drug-likeness (QED) is 0.847. The zero-order chi connectivity index (χ0) is 18.1. The van der Waals surface area contributed by atoms with Gasteiger partial charge in [-0.25, -0.2) is 0 Å². The summed E-state index contributed by atoms with van der Waals surface area (Å²) in [6.07, 6.45) is 7.60. The number of fused-ring (bicyclic) bond motifs is 2. The van der Waals surface area contributed by atoms with Gasteiger partial charge in [-0.1, -0.05) is 0 Å². The summed E-state index contributed by atoms with van der Waals surface area (Å²) in [7, 11) is 4.01. The molecule has 4 rings (SSSR count). The van der Waals surface area contributed by atoms with Gasteiger partial charge in [0.1, 0.15) is 11.9 Å². The summed E-state index contributed by atoms with van der Waals surface area (Å²) >= 11 is 0. The van der Waals surface area contributed by atoms with Gasteiger partial charge in [-0.3, -0.25) is 9.78 Å². The van der Waals surface area contributed by atoms with Crippen LogP contribution >= 0.6 is 0 Å². The van der Waals surface area contributed by atoms with Crippen LogP contribution in [0.5, 0.6) is 5.75 Å². The summed E-state index contributed by atoms with van der Waals surface area (Å²) in [6.45, 7) is 0. The van der Waals surface area contributed by atoms with Crippen LogP contribution < -0.4 is 9.64 Å². The van der Waals surface area contributed by atoms with Gasteiger partial charge in [0.2, 0.25) is 0 Å². The molecule has 2 fully saturated rings. The van der Waals surface area contributed by atoms with Gasteiger partial charge < -0.3 is 14.5 Å². The van der Waals surface area contributed by atoms with E-state index in [4.69, 9.17) is 4.74 Å². The molecule has 5 nitrogen and oxygen atoms in total. The number of nitrogens with zero attached hydrogens (tertiary/aromatic N) is 3. The summed E-state index contributed by atoms with van der Waals surface area (Å²) in [5.41, 5.74) is 1.88. The molecule has 26 heavy (non-hydrogen) atoms. The highest BCUT2D eigenvalue weighted by molar-refractivity contribution is 5.95. The maximum Gasteiger partial charge on any atom is 0.254 e. The van der Waals surface area contributed by atoms with E-state index in [9.17, 15) is 4.79 Å². The fourth-order valence-electron chi connectivity index (χ4n) is 4.22. The predicted molar refractivity (Wildman–Crippen MR) is 102 cm³/mol. The Morgan fingerprint density at radius 2 is 1.81 bits per heavy atom. The van der Waals surface area contributed by atoms with Gasteiger partial charge in [-0.2, -0.15) is 0 Å². The first kappa shape index (κ1) is 16.9. The summed E-state index contributed by atoms with van der Waals surface area (Å²) in [5, 5.41) is 0. The number of benzene rings is 1. The molecule has 2 aliphatic rings. The predicted octanol–water partition coefficient (Wildman–Crippen LogP) is 3.36. The Labute approximate surface area is 154 Å². The Morgan fingerprint density at radius 1 is 1.12 bits per heavy atom. The summed E-state index contributed by atoms with van der Waals surface area (Å²) in [4.78, 5) is 21.3. The smallest absolute Gasteiger partial charge is 0.254 e. The van der Waals surface area contributed by atoms with Crippen molar-refractivity contribution >= 4 is 11.6 Å². The number of hydrogen-bond donors (Lipinski definition) is 0. The largest absolute Gasteiger partial charge is 0.489 e. The second-order valence-corrected chi connectivity index (χ2v) is 7.44. The molecule has 2 aromatic rings. The number of anilines is 1. The summed E-state index contributed by atoms with van der Waals surface area (Å²) < 4.78 is 6.11. The van der Waals surface area contributed by atoms with Gasteiger partial charge >= 0.3 is 0 Å². The van der Waals surface area contributed by atoms with E-state index in [0.29, 0.717) is 0 Å². The topological polar surface area (TPSA) is 45.7 Å². The minimum Gasteiger partial charge on any atom is -0.489 e. The zero-order valence-electron chi connectivity index (χ0n) is 15.3. The lowest BCUT2D eigenvalue weighted by atomic mass is 9.98. The lowest BCUT2D eigenvalue weighted by Crippen LogP contribution is -2.49. The Hall–Kier alpha value is -2.56. The molecule has 2 unspecified atom stereocenters. The first-order chi connectivity index (χ1) is 12.6. The van der Waals surface area contributed by atoms with Gasteiger partial charge in [0.15, 0.2) is 0 Å². The summed E-state index contributed by atoms with van der Waals surface area (Å²) in [5.74, 6) is 0.971.